The molecule has 7 heteroatoms. The Balaban J connectivity index is 1.58. The van der Waals surface area contributed by atoms with E-state index in [0.29, 0.717) is 24.4 Å². The van der Waals surface area contributed by atoms with Crippen LogP contribution in [0.25, 0.3) is 0 Å². The van der Waals surface area contributed by atoms with Crippen molar-refractivity contribution in [2.75, 3.05) is 32.1 Å². The average Bonchev–Trinajstić information content (AvgIpc) is 3.00. The first-order chi connectivity index (χ1) is 13.5. The number of aliphatic carboxylic acids is 1. The molecule has 1 saturated heterocycles. The van der Waals surface area contributed by atoms with Crippen LogP contribution >= 0.6 is 0 Å². The number of para-hydroxylation sites is 3. The van der Waals surface area contributed by atoms with Crippen molar-refractivity contribution in [3.63, 3.8) is 0 Å². The van der Waals surface area contributed by atoms with Crippen molar-refractivity contribution in [1.29, 1.82) is 0 Å². The average molecular weight is 382 g/mol. The van der Waals surface area contributed by atoms with Gasteiger partial charge in [0.1, 0.15) is 11.5 Å². The molecule has 0 spiro atoms. The van der Waals surface area contributed by atoms with Crippen LogP contribution in [0.1, 0.15) is 5.56 Å². The number of fused-ring (bicyclic) bond motifs is 2. The minimum Gasteiger partial charge on any atom is -0.495 e. The van der Waals surface area contributed by atoms with E-state index in [1.54, 1.807) is 23.1 Å². The smallest absolute Gasteiger partial charge is 0.321 e. The van der Waals surface area contributed by atoms with Gasteiger partial charge >= 0.3 is 12.0 Å². The number of likely N-dealkylation sites (tertiary alicyclic amines) is 1. The standard InChI is InChI=1S/C21H22N2O5/c1-27-18-9-5-3-7-16(18)22-20(26)23-11-15-12-28-17-8-4-2-6-14(17)10-21(15,13-23)19(24)25/h2-9,15H,10-13H2,1H3,(H,22,26)(H,24,25)/t15-,21+/m1/s1. The van der Waals surface area contributed by atoms with Crippen molar-refractivity contribution in [2.24, 2.45) is 11.3 Å². The van der Waals surface area contributed by atoms with Crippen LogP contribution in [0.3, 0.4) is 0 Å². The molecule has 2 heterocycles. The summed E-state index contributed by atoms with van der Waals surface area (Å²) >= 11 is 0. The molecule has 1 fully saturated rings. The summed E-state index contributed by atoms with van der Waals surface area (Å²) in [6, 6.07) is 14.3. The van der Waals surface area contributed by atoms with E-state index in [9.17, 15) is 14.7 Å². The Bertz CT molecular complexity index is 915. The number of benzene rings is 2. The van der Waals surface area contributed by atoms with Crippen LogP contribution in [0.15, 0.2) is 48.5 Å². The van der Waals surface area contributed by atoms with E-state index in [1.807, 2.05) is 30.3 Å². The molecular formula is C21H22N2O5. The second-order valence-electron chi connectivity index (χ2n) is 7.26. The monoisotopic (exact) mass is 382 g/mol. The molecule has 146 valence electrons. The summed E-state index contributed by atoms with van der Waals surface area (Å²) in [5.74, 6) is 0.0863. The first kappa shape index (κ1) is 18.2. The minimum atomic E-state index is -1.06. The first-order valence-electron chi connectivity index (χ1n) is 9.16. The number of amides is 2. The minimum absolute atomic E-state index is 0.131. The Morgan fingerprint density at radius 1 is 1.21 bits per heavy atom. The van der Waals surface area contributed by atoms with Gasteiger partial charge in [0.05, 0.1) is 24.8 Å². The van der Waals surface area contributed by atoms with Crippen molar-refractivity contribution in [3.05, 3.63) is 54.1 Å². The summed E-state index contributed by atoms with van der Waals surface area (Å²) in [7, 11) is 1.53. The molecule has 0 aromatic heterocycles. The predicted octanol–water partition coefficient (Wildman–Crippen LogP) is 2.87. The van der Waals surface area contributed by atoms with E-state index in [2.05, 4.69) is 5.32 Å². The highest BCUT2D eigenvalue weighted by atomic mass is 16.5. The Morgan fingerprint density at radius 3 is 2.75 bits per heavy atom. The number of hydrogen-bond acceptors (Lipinski definition) is 4. The second kappa shape index (κ2) is 7.07. The van der Waals surface area contributed by atoms with Gasteiger partial charge in [0.15, 0.2) is 0 Å². The number of carboxylic acid groups (broad SMARTS) is 1. The Hall–Kier alpha value is -3.22. The number of nitrogens with one attached hydrogen (secondary N) is 1. The summed E-state index contributed by atoms with van der Waals surface area (Å²) in [4.78, 5) is 26.7. The van der Waals surface area contributed by atoms with E-state index in [0.717, 1.165) is 11.3 Å². The number of carbonyl (C=O) groups excluding carboxylic acids is 1. The van der Waals surface area contributed by atoms with Crippen LogP contribution in [-0.2, 0) is 11.2 Å². The molecule has 2 amide bonds. The molecule has 0 radical (unpaired) electrons. The van der Waals surface area contributed by atoms with Gasteiger partial charge in [-0.1, -0.05) is 30.3 Å². The molecule has 0 saturated carbocycles. The van der Waals surface area contributed by atoms with Crippen molar-refractivity contribution in [3.8, 4) is 11.5 Å². The molecule has 2 aliphatic rings. The SMILES string of the molecule is COc1ccccc1NC(=O)N1C[C@@H]2COc3ccccc3C[C@]2(C(=O)O)C1. The lowest BCUT2D eigenvalue weighted by atomic mass is 9.74. The molecule has 2 aromatic carbocycles. The number of urea groups is 1. The van der Waals surface area contributed by atoms with Crippen LogP contribution < -0.4 is 14.8 Å². The Labute approximate surface area is 162 Å². The lowest BCUT2D eigenvalue weighted by Crippen LogP contribution is -2.42. The molecule has 0 unspecified atom stereocenters. The maximum atomic E-state index is 12.8. The van der Waals surface area contributed by atoms with Gasteiger partial charge in [-0.2, -0.15) is 0 Å². The largest absolute Gasteiger partial charge is 0.495 e. The van der Waals surface area contributed by atoms with E-state index < -0.39 is 11.4 Å². The van der Waals surface area contributed by atoms with Crippen molar-refractivity contribution >= 4 is 17.7 Å². The van der Waals surface area contributed by atoms with Crippen molar-refractivity contribution in [1.82, 2.24) is 4.90 Å². The molecule has 2 N–H and O–H groups in total. The Morgan fingerprint density at radius 2 is 1.96 bits per heavy atom. The van der Waals surface area contributed by atoms with Gasteiger partial charge < -0.3 is 24.8 Å². The number of nitrogens with zero attached hydrogens (tertiary/aromatic N) is 1. The molecule has 2 atom stereocenters. The van der Waals surface area contributed by atoms with Crippen LogP contribution in [0.2, 0.25) is 0 Å². The maximum absolute atomic E-state index is 12.8. The molecule has 28 heavy (non-hydrogen) atoms. The van der Waals surface area contributed by atoms with Crippen LogP contribution in [0.4, 0.5) is 10.5 Å². The fraction of sp³-hybridized carbons (Fsp3) is 0.333. The molecular weight excluding hydrogens is 360 g/mol. The van der Waals surface area contributed by atoms with Crippen LogP contribution in [0.5, 0.6) is 11.5 Å². The predicted molar refractivity (Wildman–Crippen MR) is 103 cm³/mol. The number of rotatable bonds is 3. The Kier molecular flexibility index (Phi) is 4.58. The number of hydrogen-bond donors (Lipinski definition) is 2. The number of ether oxygens (including phenoxy) is 2. The van der Waals surface area contributed by atoms with E-state index in [4.69, 9.17) is 9.47 Å². The lowest BCUT2D eigenvalue weighted by Gasteiger charge is -2.27. The van der Waals surface area contributed by atoms with Crippen molar-refractivity contribution < 1.29 is 24.2 Å². The summed E-state index contributed by atoms with van der Waals surface area (Å²) in [5, 5.41) is 12.9. The van der Waals surface area contributed by atoms with Gasteiger partial charge in [0.25, 0.3) is 0 Å². The van der Waals surface area contributed by atoms with Gasteiger partial charge in [0.2, 0.25) is 0 Å². The van der Waals surface area contributed by atoms with Gasteiger partial charge in [-0.15, -0.1) is 0 Å². The summed E-state index contributed by atoms with van der Waals surface area (Å²) in [5.41, 5.74) is 0.345. The number of methoxy groups -OCH3 is 1. The zero-order valence-corrected chi connectivity index (χ0v) is 15.6. The zero-order valence-electron chi connectivity index (χ0n) is 15.6. The van der Waals surface area contributed by atoms with E-state index in [-0.39, 0.29) is 25.1 Å². The third-order valence-electron chi connectivity index (χ3n) is 5.68. The van der Waals surface area contributed by atoms with Gasteiger partial charge in [0, 0.05) is 19.0 Å². The van der Waals surface area contributed by atoms with Crippen LogP contribution in [0, 0.1) is 11.3 Å². The summed E-state index contributed by atoms with van der Waals surface area (Å²) in [6.07, 6.45) is 0.335. The van der Waals surface area contributed by atoms with E-state index in [1.165, 1.54) is 7.11 Å². The topological polar surface area (TPSA) is 88.1 Å². The normalized spacial score (nSPS) is 23.0. The highest BCUT2D eigenvalue weighted by molar-refractivity contribution is 5.92. The summed E-state index contributed by atoms with van der Waals surface area (Å²) in [6.45, 7) is 0.717. The quantitative estimate of drug-likeness (QED) is 0.852. The third kappa shape index (κ3) is 3.02. The molecule has 7 nitrogen and oxygen atoms in total. The molecule has 2 aliphatic heterocycles. The lowest BCUT2D eigenvalue weighted by molar-refractivity contribution is -0.150. The molecule has 0 bridgehead atoms. The second-order valence-corrected chi connectivity index (χ2v) is 7.26. The van der Waals surface area contributed by atoms with Crippen LogP contribution in [-0.4, -0.2) is 48.8 Å². The molecule has 2 aromatic rings. The fourth-order valence-corrected chi connectivity index (χ4v) is 4.12. The highest BCUT2D eigenvalue weighted by Crippen LogP contribution is 2.44. The first-order valence-corrected chi connectivity index (χ1v) is 9.16. The number of carboxylic acids is 1. The van der Waals surface area contributed by atoms with Crippen molar-refractivity contribution in [2.45, 2.75) is 6.42 Å². The molecule has 4 rings (SSSR count). The highest BCUT2D eigenvalue weighted by Gasteiger charge is 2.55. The maximum Gasteiger partial charge on any atom is 0.321 e. The third-order valence-corrected chi connectivity index (χ3v) is 5.68. The fourth-order valence-electron chi connectivity index (χ4n) is 4.12. The molecule has 0 aliphatic carbocycles. The number of carbonyl (C=O) groups is 2. The zero-order chi connectivity index (χ0) is 19.7. The summed E-state index contributed by atoms with van der Waals surface area (Å²) < 4.78 is 11.1. The number of anilines is 1. The van der Waals surface area contributed by atoms with Gasteiger partial charge in [-0.05, 0) is 30.2 Å². The van der Waals surface area contributed by atoms with Gasteiger partial charge in [-0.3, -0.25) is 4.79 Å². The van der Waals surface area contributed by atoms with Gasteiger partial charge in [-0.25, -0.2) is 4.79 Å². The van der Waals surface area contributed by atoms with E-state index >= 15 is 0 Å².